The number of halogens is 1. The number of nitro groups is 1. The average Bonchev–Trinajstić information content (AvgIpc) is 2.41. The lowest BCUT2D eigenvalue weighted by Gasteiger charge is -2.22. The molecule has 0 amide bonds. The summed E-state index contributed by atoms with van der Waals surface area (Å²) >= 11 is 3.12. The molecule has 1 fully saturated rings. The standard InChI is InChI=1S/C11H13BrN2O5S2/c12-8-1-2-10(14(15)16)11(7-8)21(18,19)13-9-3-5-20(17)6-4-9/h1-2,7,9,13H,3-6H2. The molecule has 7 nitrogen and oxygen atoms in total. The smallest absolute Gasteiger partial charge is 0.260 e. The van der Waals surface area contributed by atoms with Crippen molar-refractivity contribution >= 4 is 42.4 Å². The van der Waals surface area contributed by atoms with Crippen LogP contribution in [0.5, 0.6) is 0 Å². The zero-order chi connectivity index (χ0) is 15.6. The van der Waals surface area contributed by atoms with Crippen LogP contribution < -0.4 is 4.72 Å². The van der Waals surface area contributed by atoms with Crippen LogP contribution in [0.2, 0.25) is 0 Å². The van der Waals surface area contributed by atoms with Crippen LogP contribution in [0.15, 0.2) is 27.6 Å². The normalized spacial score (nSPS) is 22.9. The number of nitrogens with one attached hydrogen (secondary N) is 1. The van der Waals surface area contributed by atoms with E-state index in [1.165, 1.54) is 12.1 Å². The Kier molecular flexibility index (Phi) is 5.12. The van der Waals surface area contributed by atoms with Crippen molar-refractivity contribution < 1.29 is 17.6 Å². The first-order valence-electron chi connectivity index (χ1n) is 6.11. The van der Waals surface area contributed by atoms with Crippen LogP contribution in [0.3, 0.4) is 0 Å². The summed E-state index contributed by atoms with van der Waals surface area (Å²) < 4.78 is 38.9. The fourth-order valence-corrected chi connectivity index (χ4v) is 5.36. The highest BCUT2D eigenvalue weighted by Gasteiger charge is 2.29. The van der Waals surface area contributed by atoms with E-state index in [0.717, 1.165) is 6.07 Å². The molecule has 21 heavy (non-hydrogen) atoms. The maximum absolute atomic E-state index is 12.3. The van der Waals surface area contributed by atoms with Crippen molar-refractivity contribution in [3.05, 3.63) is 32.8 Å². The van der Waals surface area contributed by atoms with Gasteiger partial charge in [-0.05, 0) is 25.0 Å². The first-order chi connectivity index (χ1) is 9.79. The van der Waals surface area contributed by atoms with Gasteiger partial charge in [0.2, 0.25) is 10.0 Å². The van der Waals surface area contributed by atoms with E-state index < -0.39 is 31.4 Å². The van der Waals surface area contributed by atoms with Crippen LogP contribution in [0.4, 0.5) is 5.69 Å². The van der Waals surface area contributed by atoms with Gasteiger partial charge in [-0.1, -0.05) is 15.9 Å². The number of hydrogen-bond donors (Lipinski definition) is 1. The van der Waals surface area contributed by atoms with Crippen molar-refractivity contribution in [1.29, 1.82) is 0 Å². The third-order valence-corrected chi connectivity index (χ3v) is 6.54. The number of benzene rings is 1. The van der Waals surface area contributed by atoms with Crippen molar-refractivity contribution in [3.63, 3.8) is 0 Å². The van der Waals surface area contributed by atoms with Gasteiger partial charge in [-0.3, -0.25) is 14.3 Å². The first-order valence-corrected chi connectivity index (χ1v) is 9.87. The Hall–Kier alpha value is -0.840. The van der Waals surface area contributed by atoms with Crippen molar-refractivity contribution in [2.24, 2.45) is 0 Å². The Morgan fingerprint density at radius 2 is 1.95 bits per heavy atom. The molecule has 0 aromatic heterocycles. The lowest BCUT2D eigenvalue weighted by Crippen LogP contribution is -2.39. The van der Waals surface area contributed by atoms with Gasteiger partial charge in [0.25, 0.3) is 5.69 Å². The Morgan fingerprint density at radius 3 is 2.52 bits per heavy atom. The number of rotatable bonds is 4. The quantitative estimate of drug-likeness (QED) is 0.613. The highest BCUT2D eigenvalue weighted by Crippen LogP contribution is 2.27. The van der Waals surface area contributed by atoms with Crippen molar-refractivity contribution in [2.45, 2.75) is 23.8 Å². The zero-order valence-corrected chi connectivity index (χ0v) is 14.0. The van der Waals surface area contributed by atoms with Crippen LogP contribution in [0.1, 0.15) is 12.8 Å². The highest BCUT2D eigenvalue weighted by atomic mass is 79.9. The van der Waals surface area contributed by atoms with Crippen LogP contribution in [-0.2, 0) is 20.8 Å². The highest BCUT2D eigenvalue weighted by molar-refractivity contribution is 9.10. The van der Waals surface area contributed by atoms with E-state index in [1.54, 1.807) is 0 Å². The lowest BCUT2D eigenvalue weighted by molar-refractivity contribution is -0.387. The molecule has 10 heteroatoms. The van der Waals surface area contributed by atoms with E-state index in [0.29, 0.717) is 28.8 Å². The maximum atomic E-state index is 12.3. The molecule has 0 atom stereocenters. The number of hydrogen-bond acceptors (Lipinski definition) is 5. The summed E-state index contributed by atoms with van der Waals surface area (Å²) in [4.78, 5) is 9.88. The van der Waals surface area contributed by atoms with Gasteiger partial charge in [-0.15, -0.1) is 0 Å². The summed E-state index contributed by atoms with van der Waals surface area (Å²) in [5.74, 6) is 0.877. The molecule has 116 valence electrons. The third kappa shape index (κ3) is 4.09. The molecule has 1 heterocycles. The van der Waals surface area contributed by atoms with Crippen molar-refractivity contribution in [1.82, 2.24) is 4.72 Å². The van der Waals surface area contributed by atoms with Gasteiger partial charge in [0.05, 0.1) is 4.92 Å². The summed E-state index contributed by atoms with van der Waals surface area (Å²) in [5.41, 5.74) is -0.468. The van der Waals surface area contributed by atoms with Crippen molar-refractivity contribution in [3.8, 4) is 0 Å². The molecule has 0 spiro atoms. The molecular formula is C11H13BrN2O5S2. The molecule has 0 aliphatic carbocycles. The summed E-state index contributed by atoms with van der Waals surface area (Å²) in [6.45, 7) is 0. The van der Waals surface area contributed by atoms with E-state index in [4.69, 9.17) is 0 Å². The van der Waals surface area contributed by atoms with Gasteiger partial charge in [0, 0.05) is 38.9 Å². The van der Waals surface area contributed by atoms with Crippen LogP contribution >= 0.6 is 15.9 Å². The minimum Gasteiger partial charge on any atom is -0.260 e. The predicted molar refractivity (Wildman–Crippen MR) is 82.0 cm³/mol. The molecule has 1 aliphatic heterocycles. The second-order valence-electron chi connectivity index (χ2n) is 4.61. The monoisotopic (exact) mass is 396 g/mol. The van der Waals surface area contributed by atoms with Gasteiger partial charge in [0.15, 0.2) is 4.90 Å². The molecule has 0 unspecified atom stereocenters. The molecule has 0 saturated carbocycles. The first kappa shape index (κ1) is 16.5. The van der Waals surface area contributed by atoms with E-state index in [1.807, 2.05) is 0 Å². The average molecular weight is 397 g/mol. The molecular weight excluding hydrogens is 384 g/mol. The van der Waals surface area contributed by atoms with E-state index in [-0.39, 0.29) is 10.9 Å². The molecule has 1 N–H and O–H groups in total. The SMILES string of the molecule is O=[N+]([O-])c1ccc(Br)cc1S(=O)(=O)NC1CCS(=O)CC1. The fraction of sp³-hybridized carbons (Fsp3) is 0.455. The van der Waals surface area contributed by atoms with Gasteiger partial charge >= 0.3 is 0 Å². The number of nitro benzene ring substituents is 1. The lowest BCUT2D eigenvalue weighted by atomic mass is 10.2. The van der Waals surface area contributed by atoms with E-state index in [9.17, 15) is 22.7 Å². The maximum Gasteiger partial charge on any atom is 0.289 e. The van der Waals surface area contributed by atoms with E-state index >= 15 is 0 Å². The van der Waals surface area contributed by atoms with Gasteiger partial charge in [0.1, 0.15) is 0 Å². The molecule has 1 aliphatic rings. The fourth-order valence-electron chi connectivity index (χ4n) is 2.05. The predicted octanol–water partition coefficient (Wildman–Crippen LogP) is 1.55. The Labute approximate surface area is 132 Å². The minimum absolute atomic E-state index is 0.341. The van der Waals surface area contributed by atoms with Crippen LogP contribution in [-0.4, -0.2) is 35.1 Å². The second-order valence-corrected chi connectivity index (χ2v) is 8.91. The third-order valence-electron chi connectivity index (χ3n) is 3.12. The summed E-state index contributed by atoms with van der Waals surface area (Å²) in [7, 11) is -4.90. The van der Waals surface area contributed by atoms with Crippen molar-refractivity contribution in [2.75, 3.05) is 11.5 Å². The van der Waals surface area contributed by atoms with Gasteiger partial charge < -0.3 is 0 Å². The molecule has 0 radical (unpaired) electrons. The summed E-state index contributed by atoms with van der Waals surface area (Å²) in [6.07, 6.45) is 0.932. The van der Waals surface area contributed by atoms with E-state index in [2.05, 4.69) is 20.7 Å². The topological polar surface area (TPSA) is 106 Å². The zero-order valence-electron chi connectivity index (χ0n) is 10.8. The van der Waals surface area contributed by atoms with Crippen LogP contribution in [0, 0.1) is 10.1 Å². The second kappa shape index (κ2) is 6.51. The minimum atomic E-state index is -4.00. The Morgan fingerprint density at radius 1 is 1.33 bits per heavy atom. The Balaban J connectivity index is 2.29. The van der Waals surface area contributed by atoms with Gasteiger partial charge in [-0.25, -0.2) is 13.1 Å². The Bertz CT molecular complexity index is 682. The summed E-state index contributed by atoms with van der Waals surface area (Å²) in [6, 6.07) is 3.43. The molecule has 1 saturated heterocycles. The van der Waals surface area contributed by atoms with Crippen LogP contribution in [0.25, 0.3) is 0 Å². The van der Waals surface area contributed by atoms with Gasteiger partial charge in [-0.2, -0.15) is 0 Å². The largest absolute Gasteiger partial charge is 0.289 e. The molecule has 2 rings (SSSR count). The number of sulfonamides is 1. The molecule has 1 aromatic carbocycles. The molecule has 1 aromatic rings. The summed E-state index contributed by atoms with van der Waals surface area (Å²) in [5, 5.41) is 11.0. The molecule has 0 bridgehead atoms. The number of nitrogens with zero attached hydrogens (tertiary/aromatic N) is 1.